The maximum Gasteiger partial charge on any atom is 0.226 e. The summed E-state index contributed by atoms with van der Waals surface area (Å²) in [6.07, 6.45) is 7.11. The minimum Gasteiger partial charge on any atom is -0.353 e. The van der Waals surface area contributed by atoms with Gasteiger partial charge < -0.3 is 15.1 Å². The molecule has 6 heteroatoms. The average molecular weight is 342 g/mol. The molecule has 1 saturated heterocycles. The van der Waals surface area contributed by atoms with Crippen molar-refractivity contribution in [1.82, 2.24) is 15.2 Å². The maximum atomic E-state index is 12.7. The summed E-state index contributed by atoms with van der Waals surface area (Å²) in [5, 5.41) is 3.13. The molecular formula is C19H26N4O2. The minimum atomic E-state index is -0.0954. The fourth-order valence-electron chi connectivity index (χ4n) is 4.07. The predicted molar refractivity (Wildman–Crippen MR) is 95.0 cm³/mol. The Morgan fingerprint density at radius 1 is 1.04 bits per heavy atom. The lowest BCUT2D eigenvalue weighted by Crippen LogP contribution is -2.49. The van der Waals surface area contributed by atoms with Crippen molar-refractivity contribution >= 4 is 17.6 Å². The van der Waals surface area contributed by atoms with E-state index >= 15 is 0 Å². The number of pyridine rings is 1. The first-order valence-corrected chi connectivity index (χ1v) is 9.47. The van der Waals surface area contributed by atoms with Crippen LogP contribution in [0.5, 0.6) is 0 Å². The van der Waals surface area contributed by atoms with E-state index in [0.717, 1.165) is 38.2 Å². The van der Waals surface area contributed by atoms with Crippen LogP contribution in [0, 0.1) is 11.8 Å². The third-order valence-electron chi connectivity index (χ3n) is 5.71. The van der Waals surface area contributed by atoms with Gasteiger partial charge in [0, 0.05) is 38.4 Å². The lowest BCUT2D eigenvalue weighted by atomic mass is 10.2. The monoisotopic (exact) mass is 342 g/mol. The Morgan fingerprint density at radius 3 is 2.48 bits per heavy atom. The molecule has 134 valence electrons. The molecule has 1 aromatic heterocycles. The second kappa shape index (κ2) is 7.02. The van der Waals surface area contributed by atoms with Gasteiger partial charge in [-0.05, 0) is 31.4 Å². The Hall–Kier alpha value is -2.11. The number of nitrogens with zero attached hydrogens (tertiary/aromatic N) is 3. The molecule has 6 nitrogen and oxygen atoms in total. The van der Waals surface area contributed by atoms with Gasteiger partial charge in [0.15, 0.2) is 0 Å². The lowest BCUT2D eigenvalue weighted by molar-refractivity contribution is -0.135. The Balaban J connectivity index is 1.25. The van der Waals surface area contributed by atoms with E-state index in [2.05, 4.69) is 15.2 Å². The molecule has 0 spiro atoms. The number of anilines is 1. The average Bonchev–Trinajstić information content (AvgIpc) is 3.31. The second-order valence-electron chi connectivity index (χ2n) is 7.44. The third-order valence-corrected chi connectivity index (χ3v) is 5.71. The summed E-state index contributed by atoms with van der Waals surface area (Å²) in [6.45, 7) is 3.02. The summed E-state index contributed by atoms with van der Waals surface area (Å²) in [4.78, 5) is 33.5. The number of aromatic nitrogens is 1. The van der Waals surface area contributed by atoms with Crippen LogP contribution in [0.2, 0.25) is 0 Å². The first-order valence-electron chi connectivity index (χ1n) is 9.47. The molecule has 2 atom stereocenters. The standard InChI is InChI=1S/C19H26N4O2/c24-18(21-14-5-1-2-6-14)15-13-16(15)19(25)23-11-9-22(10-12-23)17-7-3-4-8-20-17/h3-4,7-8,14-16H,1-2,5-6,9-13H2,(H,21,24). The number of hydrogen-bond donors (Lipinski definition) is 1. The van der Waals surface area contributed by atoms with Crippen LogP contribution in [-0.2, 0) is 9.59 Å². The third kappa shape index (κ3) is 3.62. The zero-order chi connectivity index (χ0) is 17.2. The molecule has 3 fully saturated rings. The first-order chi connectivity index (χ1) is 12.2. The van der Waals surface area contributed by atoms with Crippen LogP contribution in [0.3, 0.4) is 0 Å². The molecule has 1 aliphatic heterocycles. The number of carbonyl (C=O) groups is 2. The Morgan fingerprint density at radius 2 is 1.80 bits per heavy atom. The van der Waals surface area contributed by atoms with Gasteiger partial charge in [0.1, 0.15) is 5.82 Å². The number of amides is 2. The smallest absolute Gasteiger partial charge is 0.226 e. The van der Waals surface area contributed by atoms with Gasteiger partial charge in [-0.2, -0.15) is 0 Å². The van der Waals surface area contributed by atoms with Crippen LogP contribution in [0.15, 0.2) is 24.4 Å². The zero-order valence-electron chi connectivity index (χ0n) is 14.6. The quantitative estimate of drug-likeness (QED) is 0.899. The van der Waals surface area contributed by atoms with E-state index < -0.39 is 0 Å². The van der Waals surface area contributed by atoms with Crippen LogP contribution in [-0.4, -0.2) is 53.9 Å². The van der Waals surface area contributed by atoms with Gasteiger partial charge in [0.25, 0.3) is 0 Å². The number of carbonyl (C=O) groups excluding carboxylic acids is 2. The first kappa shape index (κ1) is 16.4. The van der Waals surface area contributed by atoms with Gasteiger partial charge in [-0.3, -0.25) is 9.59 Å². The lowest BCUT2D eigenvalue weighted by Gasteiger charge is -2.35. The van der Waals surface area contributed by atoms with Crippen molar-refractivity contribution in [3.05, 3.63) is 24.4 Å². The highest BCUT2D eigenvalue weighted by Gasteiger charge is 2.50. The zero-order valence-corrected chi connectivity index (χ0v) is 14.6. The predicted octanol–water partition coefficient (Wildman–Crippen LogP) is 1.43. The van der Waals surface area contributed by atoms with Crippen LogP contribution in [0.4, 0.5) is 5.82 Å². The van der Waals surface area contributed by atoms with Crippen LogP contribution in [0.25, 0.3) is 0 Å². The van der Waals surface area contributed by atoms with Gasteiger partial charge in [0.05, 0.1) is 11.8 Å². The Kier molecular flexibility index (Phi) is 4.59. The topological polar surface area (TPSA) is 65.5 Å². The van der Waals surface area contributed by atoms with Gasteiger partial charge in [0.2, 0.25) is 11.8 Å². The number of nitrogens with one attached hydrogen (secondary N) is 1. The van der Waals surface area contributed by atoms with E-state index in [1.807, 2.05) is 23.1 Å². The van der Waals surface area contributed by atoms with Crippen molar-refractivity contribution in [2.24, 2.45) is 11.8 Å². The second-order valence-corrected chi connectivity index (χ2v) is 7.44. The van der Waals surface area contributed by atoms with Gasteiger partial charge in [-0.1, -0.05) is 18.9 Å². The van der Waals surface area contributed by atoms with Crippen molar-refractivity contribution < 1.29 is 9.59 Å². The molecule has 3 aliphatic rings. The van der Waals surface area contributed by atoms with Crippen LogP contribution in [0.1, 0.15) is 32.1 Å². The summed E-state index contributed by atoms with van der Waals surface area (Å²) in [7, 11) is 0. The molecule has 25 heavy (non-hydrogen) atoms. The summed E-state index contributed by atoms with van der Waals surface area (Å²) < 4.78 is 0. The van der Waals surface area contributed by atoms with Crippen molar-refractivity contribution in [1.29, 1.82) is 0 Å². The normalized spacial score (nSPS) is 26.6. The molecule has 0 aromatic carbocycles. The van der Waals surface area contributed by atoms with E-state index in [-0.39, 0.29) is 23.7 Å². The molecule has 2 unspecified atom stereocenters. The molecule has 2 heterocycles. The fourth-order valence-corrected chi connectivity index (χ4v) is 4.07. The molecule has 2 saturated carbocycles. The van der Waals surface area contributed by atoms with E-state index in [4.69, 9.17) is 0 Å². The largest absolute Gasteiger partial charge is 0.353 e. The molecular weight excluding hydrogens is 316 g/mol. The number of piperazine rings is 1. The van der Waals surface area contributed by atoms with E-state index in [1.165, 1.54) is 12.8 Å². The van der Waals surface area contributed by atoms with Gasteiger partial charge in [-0.15, -0.1) is 0 Å². The van der Waals surface area contributed by atoms with Crippen LogP contribution < -0.4 is 10.2 Å². The van der Waals surface area contributed by atoms with Gasteiger partial charge >= 0.3 is 0 Å². The summed E-state index contributed by atoms with van der Waals surface area (Å²) in [6, 6.07) is 6.23. The molecule has 1 aromatic rings. The SMILES string of the molecule is O=C(NC1CCCC1)C1CC1C(=O)N1CCN(c2ccccn2)CC1. The van der Waals surface area contributed by atoms with Crippen molar-refractivity contribution in [2.75, 3.05) is 31.1 Å². The van der Waals surface area contributed by atoms with E-state index in [9.17, 15) is 9.59 Å². The molecule has 4 rings (SSSR count). The molecule has 0 bridgehead atoms. The minimum absolute atomic E-state index is 0.0946. The highest BCUT2D eigenvalue weighted by Crippen LogP contribution is 2.40. The summed E-state index contributed by atoms with van der Waals surface area (Å²) in [5.74, 6) is 1.03. The van der Waals surface area contributed by atoms with E-state index in [1.54, 1.807) is 6.20 Å². The Labute approximate surface area is 148 Å². The highest BCUT2D eigenvalue weighted by atomic mass is 16.2. The Bertz CT molecular complexity index is 622. The van der Waals surface area contributed by atoms with Crippen molar-refractivity contribution in [3.8, 4) is 0 Å². The van der Waals surface area contributed by atoms with Crippen molar-refractivity contribution in [2.45, 2.75) is 38.1 Å². The molecule has 2 amide bonds. The number of rotatable bonds is 4. The van der Waals surface area contributed by atoms with Crippen LogP contribution >= 0.6 is 0 Å². The maximum absolute atomic E-state index is 12.7. The summed E-state index contributed by atoms with van der Waals surface area (Å²) >= 11 is 0. The van der Waals surface area contributed by atoms with Crippen molar-refractivity contribution in [3.63, 3.8) is 0 Å². The summed E-state index contributed by atoms with van der Waals surface area (Å²) in [5.41, 5.74) is 0. The molecule has 1 N–H and O–H groups in total. The van der Waals surface area contributed by atoms with E-state index in [0.29, 0.717) is 19.1 Å². The fraction of sp³-hybridized carbons (Fsp3) is 0.632. The number of hydrogen-bond acceptors (Lipinski definition) is 4. The highest BCUT2D eigenvalue weighted by molar-refractivity contribution is 5.92. The van der Waals surface area contributed by atoms with Gasteiger partial charge in [-0.25, -0.2) is 4.98 Å². The molecule has 0 radical (unpaired) electrons. The molecule has 2 aliphatic carbocycles.